The Morgan fingerprint density at radius 1 is 0.923 bits per heavy atom. The fraction of sp³-hybridized carbons (Fsp3) is 0.474. The van der Waals surface area contributed by atoms with Gasteiger partial charge in [-0.15, -0.1) is 10.2 Å². The second kappa shape index (κ2) is 7.23. The molecule has 0 atom stereocenters. The highest BCUT2D eigenvalue weighted by Crippen LogP contribution is 2.24. The molecule has 2 aromatic rings. The third kappa shape index (κ3) is 4.52. The van der Waals surface area contributed by atoms with E-state index in [1.807, 2.05) is 12.1 Å². The summed E-state index contributed by atoms with van der Waals surface area (Å²) in [5.41, 5.74) is 1.06. The molecule has 1 aliphatic carbocycles. The molecule has 7 heteroatoms. The average Bonchev–Trinajstić information content (AvgIpc) is 3.09. The third-order valence-corrected chi connectivity index (χ3v) is 6.01. The summed E-state index contributed by atoms with van der Waals surface area (Å²) in [7, 11) is -3.68. The van der Waals surface area contributed by atoms with Crippen LogP contribution >= 0.6 is 0 Å². The lowest BCUT2D eigenvalue weighted by Gasteiger charge is -2.19. The van der Waals surface area contributed by atoms with Crippen molar-refractivity contribution in [2.45, 2.75) is 62.8 Å². The van der Waals surface area contributed by atoms with Crippen LogP contribution in [-0.4, -0.2) is 24.7 Å². The van der Waals surface area contributed by atoms with E-state index in [4.69, 9.17) is 0 Å². The molecular weight excluding hydrogens is 348 g/mol. The predicted octanol–water partition coefficient (Wildman–Crippen LogP) is 3.93. The number of sulfonamides is 1. The summed E-state index contributed by atoms with van der Waals surface area (Å²) < 4.78 is 27.5. The van der Waals surface area contributed by atoms with Gasteiger partial charge in [0.15, 0.2) is 5.82 Å². The molecule has 0 spiro atoms. The van der Waals surface area contributed by atoms with Crippen LogP contribution in [0.3, 0.4) is 0 Å². The molecule has 0 bridgehead atoms. The van der Waals surface area contributed by atoms with Gasteiger partial charge in [-0.3, -0.25) is 4.72 Å². The Morgan fingerprint density at radius 3 is 2.04 bits per heavy atom. The number of nitrogens with one attached hydrogen (secondary N) is 2. The summed E-state index contributed by atoms with van der Waals surface area (Å²) in [6.45, 7) is 6.27. The van der Waals surface area contributed by atoms with Gasteiger partial charge in [-0.05, 0) is 48.1 Å². The minimum absolute atomic E-state index is 0.0245. The number of hydrogen-bond acceptors (Lipinski definition) is 5. The summed E-state index contributed by atoms with van der Waals surface area (Å²) >= 11 is 0. The highest BCUT2D eigenvalue weighted by molar-refractivity contribution is 7.92. The molecule has 26 heavy (non-hydrogen) atoms. The Kier molecular flexibility index (Phi) is 5.18. The number of hydrogen-bond donors (Lipinski definition) is 2. The van der Waals surface area contributed by atoms with E-state index >= 15 is 0 Å². The highest BCUT2D eigenvalue weighted by Gasteiger charge is 2.19. The zero-order valence-corrected chi connectivity index (χ0v) is 16.3. The summed E-state index contributed by atoms with van der Waals surface area (Å²) in [5, 5.41) is 11.4. The average molecular weight is 375 g/mol. The SMILES string of the molecule is CC(C)(C)c1ccc(S(=O)(=O)Nc2ccc(NC3CCCC3)nn2)cc1. The van der Waals surface area contributed by atoms with Crippen molar-refractivity contribution >= 4 is 21.7 Å². The van der Waals surface area contributed by atoms with Gasteiger partial charge in [-0.2, -0.15) is 0 Å². The number of rotatable bonds is 5. The van der Waals surface area contributed by atoms with Gasteiger partial charge in [0, 0.05) is 6.04 Å². The van der Waals surface area contributed by atoms with Crippen molar-refractivity contribution in [3.8, 4) is 0 Å². The molecular formula is C19H26N4O2S. The standard InChI is InChI=1S/C19H26N4O2S/c1-19(2,3)14-8-10-16(11-9-14)26(24,25)23-18-13-12-17(21-22-18)20-15-6-4-5-7-15/h8-13,15H,4-7H2,1-3H3,(H,20,21)(H,22,23). The van der Waals surface area contributed by atoms with E-state index in [0.717, 1.165) is 18.4 Å². The molecule has 0 saturated heterocycles. The van der Waals surface area contributed by atoms with Crippen LogP contribution in [0.25, 0.3) is 0 Å². The lowest BCUT2D eigenvalue weighted by Crippen LogP contribution is -2.17. The molecule has 1 saturated carbocycles. The Morgan fingerprint density at radius 2 is 1.50 bits per heavy atom. The Hall–Kier alpha value is -2.15. The van der Waals surface area contributed by atoms with Crippen molar-refractivity contribution in [3.05, 3.63) is 42.0 Å². The predicted molar refractivity (Wildman–Crippen MR) is 104 cm³/mol. The summed E-state index contributed by atoms with van der Waals surface area (Å²) in [6, 6.07) is 10.7. The zero-order valence-electron chi connectivity index (χ0n) is 15.5. The largest absolute Gasteiger partial charge is 0.366 e. The van der Waals surface area contributed by atoms with Crippen LogP contribution in [0.4, 0.5) is 11.6 Å². The monoisotopic (exact) mass is 374 g/mol. The maximum Gasteiger partial charge on any atom is 0.263 e. The molecule has 0 radical (unpaired) electrons. The van der Waals surface area contributed by atoms with Crippen molar-refractivity contribution in [1.82, 2.24) is 10.2 Å². The van der Waals surface area contributed by atoms with Crippen LogP contribution in [0.2, 0.25) is 0 Å². The molecule has 1 aliphatic rings. The minimum atomic E-state index is -3.68. The first-order valence-corrected chi connectivity index (χ1v) is 10.5. The van der Waals surface area contributed by atoms with Gasteiger partial charge in [0.2, 0.25) is 0 Å². The smallest absolute Gasteiger partial charge is 0.263 e. The summed E-state index contributed by atoms with van der Waals surface area (Å²) in [4.78, 5) is 0.209. The maximum atomic E-state index is 12.5. The Labute approximate surface area is 155 Å². The fourth-order valence-corrected chi connectivity index (χ4v) is 4.07. The topological polar surface area (TPSA) is 84.0 Å². The Balaban J connectivity index is 1.68. The summed E-state index contributed by atoms with van der Waals surface area (Å²) in [5.74, 6) is 0.885. The van der Waals surface area contributed by atoms with Gasteiger partial charge >= 0.3 is 0 Å². The fourth-order valence-electron chi connectivity index (χ4n) is 3.07. The van der Waals surface area contributed by atoms with Gasteiger partial charge in [0.1, 0.15) is 5.82 Å². The molecule has 2 N–H and O–H groups in total. The van der Waals surface area contributed by atoms with Crippen LogP contribution in [-0.2, 0) is 15.4 Å². The quantitative estimate of drug-likeness (QED) is 0.828. The number of anilines is 2. The first-order valence-electron chi connectivity index (χ1n) is 8.98. The van der Waals surface area contributed by atoms with Crippen molar-refractivity contribution in [1.29, 1.82) is 0 Å². The lowest BCUT2D eigenvalue weighted by molar-refractivity contribution is 0.587. The first-order chi connectivity index (χ1) is 12.2. The second-order valence-corrected chi connectivity index (χ2v) is 9.49. The molecule has 140 valence electrons. The third-order valence-electron chi connectivity index (χ3n) is 4.64. The van der Waals surface area contributed by atoms with Crippen molar-refractivity contribution in [2.75, 3.05) is 10.0 Å². The van der Waals surface area contributed by atoms with Crippen molar-refractivity contribution in [3.63, 3.8) is 0 Å². The van der Waals surface area contributed by atoms with E-state index in [1.54, 1.807) is 24.3 Å². The first kappa shape index (κ1) is 18.6. The van der Waals surface area contributed by atoms with E-state index in [-0.39, 0.29) is 16.1 Å². The van der Waals surface area contributed by atoms with Crippen molar-refractivity contribution < 1.29 is 8.42 Å². The molecule has 0 aliphatic heterocycles. The molecule has 1 aromatic heterocycles. The van der Waals surface area contributed by atoms with Crippen LogP contribution in [0, 0.1) is 0 Å². The van der Waals surface area contributed by atoms with Gasteiger partial charge in [-0.25, -0.2) is 8.42 Å². The van der Waals surface area contributed by atoms with Gasteiger partial charge < -0.3 is 5.32 Å². The van der Waals surface area contributed by atoms with Crippen molar-refractivity contribution in [2.24, 2.45) is 0 Å². The maximum absolute atomic E-state index is 12.5. The van der Waals surface area contributed by atoms with Crippen LogP contribution in [0.1, 0.15) is 52.0 Å². The molecule has 3 rings (SSSR count). The number of aromatic nitrogens is 2. The minimum Gasteiger partial charge on any atom is -0.366 e. The van der Waals surface area contributed by atoms with Crippen LogP contribution in [0.5, 0.6) is 0 Å². The van der Waals surface area contributed by atoms with Crippen LogP contribution < -0.4 is 10.0 Å². The molecule has 6 nitrogen and oxygen atoms in total. The highest BCUT2D eigenvalue weighted by atomic mass is 32.2. The second-order valence-electron chi connectivity index (χ2n) is 7.81. The number of nitrogens with zero attached hydrogens (tertiary/aromatic N) is 2. The van der Waals surface area contributed by atoms with E-state index in [9.17, 15) is 8.42 Å². The van der Waals surface area contributed by atoms with Gasteiger partial charge in [0.05, 0.1) is 4.90 Å². The molecule has 1 aromatic carbocycles. The molecule has 1 heterocycles. The number of benzene rings is 1. The normalized spacial score (nSPS) is 15.8. The van der Waals surface area contributed by atoms with E-state index in [2.05, 4.69) is 41.0 Å². The zero-order chi connectivity index (χ0) is 18.8. The van der Waals surface area contributed by atoms with Gasteiger partial charge in [0.25, 0.3) is 10.0 Å². The van der Waals surface area contributed by atoms with E-state index < -0.39 is 10.0 Å². The molecule has 1 fully saturated rings. The van der Waals surface area contributed by atoms with E-state index in [0.29, 0.717) is 11.9 Å². The van der Waals surface area contributed by atoms with Gasteiger partial charge in [-0.1, -0.05) is 45.7 Å². The molecule has 0 unspecified atom stereocenters. The molecule has 0 amide bonds. The lowest BCUT2D eigenvalue weighted by atomic mass is 9.87. The van der Waals surface area contributed by atoms with E-state index in [1.165, 1.54) is 12.8 Å². The Bertz CT molecular complexity index is 835. The summed E-state index contributed by atoms with van der Waals surface area (Å²) in [6.07, 6.45) is 4.75. The van der Waals surface area contributed by atoms with Crippen LogP contribution in [0.15, 0.2) is 41.3 Å².